The van der Waals surface area contributed by atoms with Gasteiger partial charge in [0.05, 0.1) is 15.0 Å². The molecule has 130 valence electrons. The molecule has 1 aromatic heterocycles. The van der Waals surface area contributed by atoms with Crippen molar-refractivity contribution >= 4 is 44.4 Å². The third-order valence-electron chi connectivity index (χ3n) is 4.45. The Bertz CT molecular complexity index is 1000. The molecule has 0 unspecified atom stereocenters. The summed E-state index contributed by atoms with van der Waals surface area (Å²) in [5.74, 6) is 2.25. The van der Waals surface area contributed by atoms with Crippen molar-refractivity contribution in [3.63, 3.8) is 0 Å². The van der Waals surface area contributed by atoms with Gasteiger partial charge in [-0.3, -0.25) is 0 Å². The summed E-state index contributed by atoms with van der Waals surface area (Å²) in [5.41, 5.74) is 2.76. The van der Waals surface area contributed by atoms with E-state index in [1.54, 1.807) is 24.3 Å². The van der Waals surface area contributed by atoms with Gasteiger partial charge in [0.1, 0.15) is 0 Å². The Morgan fingerprint density at radius 1 is 0.960 bits per heavy atom. The van der Waals surface area contributed by atoms with E-state index in [-0.39, 0.29) is 0 Å². The molecular formula is C19H19NO2S3. The highest BCUT2D eigenvalue weighted by molar-refractivity contribution is 8.16. The first-order valence-corrected chi connectivity index (χ1v) is 11.8. The fraction of sp³-hybridized carbons (Fsp3) is 0.263. The average molecular weight is 390 g/mol. The van der Waals surface area contributed by atoms with Gasteiger partial charge in [0.2, 0.25) is 0 Å². The number of nitrogens with zero attached hydrogens (tertiary/aromatic N) is 1. The molecule has 6 heteroatoms. The van der Waals surface area contributed by atoms with E-state index in [9.17, 15) is 8.42 Å². The lowest BCUT2D eigenvalue weighted by molar-refractivity contribution is 0.588. The van der Waals surface area contributed by atoms with Crippen molar-refractivity contribution in [2.24, 2.45) is 0 Å². The predicted molar refractivity (Wildman–Crippen MR) is 108 cm³/mol. The number of hydrogen-bond donors (Lipinski definition) is 0. The highest BCUT2D eigenvalue weighted by Crippen LogP contribution is 2.48. The second-order valence-electron chi connectivity index (χ2n) is 6.03. The van der Waals surface area contributed by atoms with Crippen molar-refractivity contribution in [2.75, 3.05) is 11.5 Å². The zero-order valence-corrected chi connectivity index (χ0v) is 16.3. The highest BCUT2D eigenvalue weighted by Gasteiger charge is 2.29. The molecule has 1 fully saturated rings. The Balaban J connectivity index is 1.98. The fourth-order valence-corrected chi connectivity index (χ4v) is 8.04. The summed E-state index contributed by atoms with van der Waals surface area (Å²) in [4.78, 5) is 0.328. The maximum Gasteiger partial charge on any atom is 0.268 e. The van der Waals surface area contributed by atoms with E-state index in [4.69, 9.17) is 0 Å². The summed E-state index contributed by atoms with van der Waals surface area (Å²) >= 11 is 3.84. The fourth-order valence-electron chi connectivity index (χ4n) is 3.32. The highest BCUT2D eigenvalue weighted by atomic mass is 32.2. The van der Waals surface area contributed by atoms with Crippen molar-refractivity contribution in [3.8, 4) is 0 Å². The first-order chi connectivity index (χ1) is 12.1. The average Bonchev–Trinajstić information content (AvgIpc) is 2.95. The largest absolute Gasteiger partial charge is 0.268 e. The van der Waals surface area contributed by atoms with Crippen molar-refractivity contribution in [1.82, 2.24) is 3.97 Å². The minimum Gasteiger partial charge on any atom is -0.238 e. The number of rotatable bonds is 3. The summed E-state index contributed by atoms with van der Waals surface area (Å²) in [6, 6.07) is 16.5. The Kier molecular flexibility index (Phi) is 4.60. The van der Waals surface area contributed by atoms with Gasteiger partial charge in [0, 0.05) is 16.6 Å². The second kappa shape index (κ2) is 6.74. The van der Waals surface area contributed by atoms with E-state index >= 15 is 0 Å². The quantitative estimate of drug-likeness (QED) is 0.628. The molecule has 2 heterocycles. The third-order valence-corrected chi connectivity index (χ3v) is 9.21. The van der Waals surface area contributed by atoms with Crippen molar-refractivity contribution in [3.05, 3.63) is 65.9 Å². The summed E-state index contributed by atoms with van der Waals surface area (Å²) < 4.78 is 28.5. The normalized spacial score (nSPS) is 16.4. The molecule has 0 saturated carbocycles. The number of benzene rings is 2. The molecule has 3 nitrogen and oxygen atoms in total. The van der Waals surface area contributed by atoms with Crippen molar-refractivity contribution in [2.45, 2.75) is 22.8 Å². The van der Waals surface area contributed by atoms with E-state index in [0.717, 1.165) is 33.7 Å². The maximum absolute atomic E-state index is 13.3. The lowest BCUT2D eigenvalue weighted by Gasteiger charge is -2.21. The van der Waals surface area contributed by atoms with Crippen LogP contribution in [-0.4, -0.2) is 23.9 Å². The first-order valence-electron chi connectivity index (χ1n) is 8.24. The van der Waals surface area contributed by atoms with Crippen LogP contribution in [-0.2, 0) is 10.0 Å². The van der Waals surface area contributed by atoms with Gasteiger partial charge in [0.15, 0.2) is 0 Å². The van der Waals surface area contributed by atoms with Crippen LogP contribution >= 0.6 is 23.5 Å². The number of hydrogen-bond acceptors (Lipinski definition) is 4. The SMILES string of the molecule is Cc1c(C2SCCCS2)c2ccccc2n1S(=O)(=O)c1ccccc1. The Morgan fingerprint density at radius 2 is 1.60 bits per heavy atom. The number of thioether (sulfide) groups is 2. The van der Waals surface area contributed by atoms with Gasteiger partial charge in [0.25, 0.3) is 10.0 Å². The van der Waals surface area contributed by atoms with Crippen molar-refractivity contribution < 1.29 is 8.42 Å². The molecule has 0 radical (unpaired) electrons. The Hall–Kier alpha value is -1.37. The molecular weight excluding hydrogens is 370 g/mol. The zero-order chi connectivity index (χ0) is 17.4. The van der Waals surface area contributed by atoms with Crippen LogP contribution in [0.5, 0.6) is 0 Å². The van der Waals surface area contributed by atoms with E-state index in [1.165, 1.54) is 10.4 Å². The van der Waals surface area contributed by atoms with Crippen LogP contribution in [0.25, 0.3) is 10.9 Å². The molecule has 0 N–H and O–H groups in total. The Labute approximate surface area is 156 Å². The molecule has 25 heavy (non-hydrogen) atoms. The van der Waals surface area contributed by atoms with Crippen LogP contribution in [0.2, 0.25) is 0 Å². The predicted octanol–water partition coefficient (Wildman–Crippen LogP) is 5.06. The lowest BCUT2D eigenvalue weighted by Crippen LogP contribution is -2.14. The molecule has 0 aliphatic carbocycles. The summed E-state index contributed by atoms with van der Waals surface area (Å²) in [6.07, 6.45) is 1.21. The van der Waals surface area contributed by atoms with Crippen LogP contribution in [0.4, 0.5) is 0 Å². The number of fused-ring (bicyclic) bond motifs is 1. The van der Waals surface area contributed by atoms with E-state index in [1.807, 2.05) is 60.8 Å². The summed E-state index contributed by atoms with van der Waals surface area (Å²) in [6.45, 7) is 1.94. The molecule has 3 aromatic rings. The van der Waals surface area contributed by atoms with Crippen LogP contribution in [0.1, 0.15) is 22.3 Å². The standard InChI is InChI=1S/C19H19NO2S3/c1-14-18(19-23-12-7-13-24-19)16-10-5-6-11-17(16)20(14)25(21,22)15-8-3-2-4-9-15/h2-6,8-11,19H,7,12-13H2,1H3. The molecule has 0 bridgehead atoms. The number of para-hydroxylation sites is 1. The van der Waals surface area contributed by atoms with Crippen LogP contribution in [0, 0.1) is 6.92 Å². The van der Waals surface area contributed by atoms with Crippen LogP contribution < -0.4 is 0 Å². The van der Waals surface area contributed by atoms with Gasteiger partial charge < -0.3 is 0 Å². The summed E-state index contributed by atoms with van der Waals surface area (Å²) in [5, 5.41) is 1.05. The van der Waals surface area contributed by atoms with E-state index in [0.29, 0.717) is 9.48 Å². The smallest absolute Gasteiger partial charge is 0.238 e. The lowest BCUT2D eigenvalue weighted by atomic mass is 10.1. The molecule has 0 atom stereocenters. The number of aromatic nitrogens is 1. The molecule has 1 aliphatic rings. The zero-order valence-electron chi connectivity index (χ0n) is 13.9. The van der Waals surface area contributed by atoms with Gasteiger partial charge in [-0.05, 0) is 43.0 Å². The van der Waals surface area contributed by atoms with Gasteiger partial charge >= 0.3 is 0 Å². The van der Waals surface area contributed by atoms with Gasteiger partial charge in [-0.1, -0.05) is 36.4 Å². The maximum atomic E-state index is 13.3. The van der Waals surface area contributed by atoms with Gasteiger partial charge in [-0.15, -0.1) is 23.5 Å². The molecule has 2 aromatic carbocycles. The minimum absolute atomic E-state index is 0.297. The molecule has 0 amide bonds. The van der Waals surface area contributed by atoms with E-state index < -0.39 is 10.0 Å². The topological polar surface area (TPSA) is 39.1 Å². The van der Waals surface area contributed by atoms with Gasteiger partial charge in [-0.25, -0.2) is 12.4 Å². The molecule has 4 rings (SSSR count). The summed E-state index contributed by atoms with van der Waals surface area (Å²) in [7, 11) is -3.62. The van der Waals surface area contributed by atoms with Crippen LogP contribution in [0.15, 0.2) is 59.5 Å². The minimum atomic E-state index is -3.62. The monoisotopic (exact) mass is 389 g/mol. The van der Waals surface area contributed by atoms with Crippen LogP contribution in [0.3, 0.4) is 0 Å². The van der Waals surface area contributed by atoms with Gasteiger partial charge in [-0.2, -0.15) is 0 Å². The first kappa shape index (κ1) is 17.1. The third kappa shape index (κ3) is 2.90. The molecule has 0 spiro atoms. The Morgan fingerprint density at radius 3 is 2.32 bits per heavy atom. The van der Waals surface area contributed by atoms with E-state index in [2.05, 4.69) is 0 Å². The second-order valence-corrected chi connectivity index (χ2v) is 10.5. The van der Waals surface area contributed by atoms with Crippen molar-refractivity contribution in [1.29, 1.82) is 0 Å². The molecule has 1 aliphatic heterocycles. The molecule has 1 saturated heterocycles.